The van der Waals surface area contributed by atoms with Crippen molar-refractivity contribution in [2.75, 3.05) is 25.5 Å². The summed E-state index contributed by atoms with van der Waals surface area (Å²) in [5.74, 6) is 1.01. The fraction of sp³-hybridized carbons (Fsp3) is 0.824. The first-order chi connectivity index (χ1) is 10.2. The lowest BCUT2D eigenvalue weighted by molar-refractivity contribution is 0.550. The highest BCUT2D eigenvalue weighted by Gasteiger charge is 2.06. The van der Waals surface area contributed by atoms with Crippen LogP contribution in [0.3, 0.4) is 0 Å². The molecule has 0 fully saturated rings. The molecule has 1 N–H and O–H groups in total. The molecule has 0 saturated carbocycles. The van der Waals surface area contributed by atoms with Crippen LogP contribution in [-0.4, -0.2) is 30.2 Å². The van der Waals surface area contributed by atoms with E-state index in [1.807, 2.05) is 25.2 Å². The van der Waals surface area contributed by atoms with E-state index in [0.29, 0.717) is 0 Å². The topological polar surface area (TPSA) is 33.1 Å². The summed E-state index contributed by atoms with van der Waals surface area (Å²) in [7, 11) is 6.13. The van der Waals surface area contributed by atoms with Crippen molar-refractivity contribution in [2.24, 2.45) is 7.05 Å². The van der Waals surface area contributed by atoms with Crippen LogP contribution in [0, 0.1) is 0 Å². The highest BCUT2D eigenvalue weighted by atomic mass is 15.3. The molecular formula is C17H34N4. The number of nitrogens with one attached hydrogen (secondary N) is 1. The molecule has 0 aliphatic rings. The zero-order chi connectivity index (χ0) is 15.5. The van der Waals surface area contributed by atoms with Gasteiger partial charge in [0.25, 0.3) is 0 Å². The maximum absolute atomic E-state index is 4.43. The van der Waals surface area contributed by atoms with Gasteiger partial charge in [0, 0.05) is 27.7 Å². The van der Waals surface area contributed by atoms with Crippen LogP contribution < -0.4 is 10.2 Å². The van der Waals surface area contributed by atoms with Gasteiger partial charge in [0.15, 0.2) is 0 Å². The monoisotopic (exact) mass is 294 g/mol. The van der Waals surface area contributed by atoms with Crippen molar-refractivity contribution in [1.29, 1.82) is 0 Å². The third-order valence-corrected chi connectivity index (χ3v) is 3.97. The summed E-state index contributed by atoms with van der Waals surface area (Å²) in [6.07, 6.45) is 13.0. The van der Waals surface area contributed by atoms with E-state index in [4.69, 9.17) is 0 Å². The van der Waals surface area contributed by atoms with Gasteiger partial charge < -0.3 is 14.8 Å². The van der Waals surface area contributed by atoms with Crippen molar-refractivity contribution in [3.05, 3.63) is 11.9 Å². The number of unbranched alkanes of at least 4 members (excludes halogenated alkanes) is 7. The van der Waals surface area contributed by atoms with E-state index in [1.54, 1.807) is 0 Å². The normalized spacial score (nSPS) is 11.0. The lowest BCUT2D eigenvalue weighted by Gasteiger charge is -2.12. The van der Waals surface area contributed by atoms with Gasteiger partial charge in [-0.25, -0.2) is 4.98 Å². The lowest BCUT2D eigenvalue weighted by Crippen LogP contribution is -2.19. The Morgan fingerprint density at radius 1 is 1.05 bits per heavy atom. The van der Waals surface area contributed by atoms with Gasteiger partial charge in [0.05, 0.1) is 11.9 Å². The fourth-order valence-electron chi connectivity index (χ4n) is 2.61. The highest BCUT2D eigenvalue weighted by molar-refractivity contribution is 5.30. The van der Waals surface area contributed by atoms with Crippen molar-refractivity contribution in [3.63, 3.8) is 0 Å². The van der Waals surface area contributed by atoms with Crippen molar-refractivity contribution in [2.45, 2.75) is 64.8 Å². The first-order valence-electron chi connectivity index (χ1n) is 8.55. The van der Waals surface area contributed by atoms with Crippen LogP contribution >= 0.6 is 0 Å². The SMILES string of the molecule is CCCCCCCCCCNCc1cnc(N(C)C)n1C. The number of rotatable bonds is 12. The Labute approximate surface area is 130 Å². The molecule has 1 rings (SSSR count). The Kier molecular flexibility index (Phi) is 9.15. The first-order valence-corrected chi connectivity index (χ1v) is 8.55. The van der Waals surface area contributed by atoms with E-state index < -0.39 is 0 Å². The maximum Gasteiger partial charge on any atom is 0.204 e. The zero-order valence-electron chi connectivity index (χ0n) is 14.5. The van der Waals surface area contributed by atoms with Crippen molar-refractivity contribution in [3.8, 4) is 0 Å². The Morgan fingerprint density at radius 3 is 2.24 bits per heavy atom. The number of anilines is 1. The summed E-state index contributed by atoms with van der Waals surface area (Å²) >= 11 is 0. The standard InChI is InChI=1S/C17H34N4/c1-5-6-7-8-9-10-11-12-13-18-14-16-15-19-17(20(2)3)21(16)4/h15,18H,5-14H2,1-4H3. The molecule has 0 bridgehead atoms. The summed E-state index contributed by atoms with van der Waals surface area (Å²) in [5, 5.41) is 3.53. The van der Waals surface area contributed by atoms with Gasteiger partial charge in [-0.15, -0.1) is 0 Å². The molecule has 0 radical (unpaired) electrons. The van der Waals surface area contributed by atoms with Gasteiger partial charge in [-0.2, -0.15) is 0 Å². The third-order valence-electron chi connectivity index (χ3n) is 3.97. The summed E-state index contributed by atoms with van der Waals surface area (Å²) in [6.45, 7) is 4.29. The summed E-state index contributed by atoms with van der Waals surface area (Å²) in [4.78, 5) is 6.47. The molecular weight excluding hydrogens is 260 g/mol. The Balaban J connectivity index is 2.02. The minimum atomic E-state index is 0.911. The van der Waals surface area contributed by atoms with Crippen LogP contribution in [0.2, 0.25) is 0 Å². The first kappa shape index (κ1) is 18.0. The highest BCUT2D eigenvalue weighted by Crippen LogP contribution is 2.11. The van der Waals surface area contributed by atoms with E-state index in [-0.39, 0.29) is 0 Å². The van der Waals surface area contributed by atoms with Crippen LogP contribution in [0.25, 0.3) is 0 Å². The van der Waals surface area contributed by atoms with E-state index in [2.05, 4.69) is 28.8 Å². The molecule has 1 aromatic heterocycles. The molecule has 0 aromatic carbocycles. The number of nitrogens with zero attached hydrogens (tertiary/aromatic N) is 3. The number of hydrogen-bond acceptors (Lipinski definition) is 3. The molecule has 122 valence electrons. The number of hydrogen-bond donors (Lipinski definition) is 1. The molecule has 21 heavy (non-hydrogen) atoms. The predicted octanol–water partition coefficient (Wildman–Crippen LogP) is 3.72. The summed E-state index contributed by atoms with van der Waals surface area (Å²) < 4.78 is 2.15. The van der Waals surface area contributed by atoms with Gasteiger partial charge in [0.2, 0.25) is 5.95 Å². The summed E-state index contributed by atoms with van der Waals surface area (Å²) in [5.41, 5.74) is 1.25. The second-order valence-corrected chi connectivity index (χ2v) is 6.15. The molecule has 0 unspecified atom stereocenters. The fourth-order valence-corrected chi connectivity index (χ4v) is 2.61. The quantitative estimate of drug-likeness (QED) is 0.596. The van der Waals surface area contributed by atoms with Crippen LogP contribution in [0.4, 0.5) is 5.95 Å². The van der Waals surface area contributed by atoms with Gasteiger partial charge in [-0.05, 0) is 13.0 Å². The van der Waals surface area contributed by atoms with E-state index >= 15 is 0 Å². The smallest absolute Gasteiger partial charge is 0.204 e. The Morgan fingerprint density at radius 2 is 1.67 bits per heavy atom. The van der Waals surface area contributed by atoms with Gasteiger partial charge >= 0.3 is 0 Å². The average molecular weight is 294 g/mol. The minimum Gasteiger partial charge on any atom is -0.348 e. The van der Waals surface area contributed by atoms with Crippen LogP contribution in [0.15, 0.2) is 6.20 Å². The van der Waals surface area contributed by atoms with Crippen LogP contribution in [0.1, 0.15) is 64.0 Å². The molecule has 0 aliphatic heterocycles. The largest absolute Gasteiger partial charge is 0.348 e. The van der Waals surface area contributed by atoms with Gasteiger partial charge in [0.1, 0.15) is 0 Å². The molecule has 1 aromatic rings. The van der Waals surface area contributed by atoms with Gasteiger partial charge in [-0.3, -0.25) is 0 Å². The predicted molar refractivity (Wildman–Crippen MR) is 91.9 cm³/mol. The van der Waals surface area contributed by atoms with Gasteiger partial charge in [-0.1, -0.05) is 51.9 Å². The lowest BCUT2D eigenvalue weighted by atomic mass is 10.1. The van der Waals surface area contributed by atoms with E-state index in [0.717, 1.165) is 19.0 Å². The second-order valence-electron chi connectivity index (χ2n) is 6.15. The van der Waals surface area contributed by atoms with E-state index in [9.17, 15) is 0 Å². The molecule has 0 atom stereocenters. The average Bonchev–Trinajstić information content (AvgIpc) is 2.82. The van der Waals surface area contributed by atoms with Crippen molar-refractivity contribution in [1.82, 2.24) is 14.9 Å². The number of aromatic nitrogens is 2. The zero-order valence-corrected chi connectivity index (χ0v) is 14.5. The van der Waals surface area contributed by atoms with Crippen molar-refractivity contribution >= 4 is 5.95 Å². The molecule has 4 nitrogen and oxygen atoms in total. The molecule has 0 amide bonds. The number of imidazole rings is 1. The molecule has 0 saturated heterocycles. The molecule has 0 aliphatic carbocycles. The Bertz CT molecular complexity index is 371. The van der Waals surface area contributed by atoms with Crippen LogP contribution in [-0.2, 0) is 13.6 Å². The Hall–Kier alpha value is -1.03. The molecule has 1 heterocycles. The molecule has 4 heteroatoms. The second kappa shape index (κ2) is 10.7. The van der Waals surface area contributed by atoms with Crippen LogP contribution in [0.5, 0.6) is 0 Å². The summed E-state index contributed by atoms with van der Waals surface area (Å²) in [6, 6.07) is 0. The van der Waals surface area contributed by atoms with Crippen molar-refractivity contribution < 1.29 is 0 Å². The maximum atomic E-state index is 4.43. The third kappa shape index (κ3) is 6.98. The minimum absolute atomic E-state index is 0.911. The molecule has 0 spiro atoms. The van der Waals surface area contributed by atoms with E-state index in [1.165, 1.54) is 57.1 Å².